The van der Waals surface area contributed by atoms with Crippen molar-refractivity contribution in [3.8, 4) is 0 Å². The van der Waals surface area contributed by atoms with Gasteiger partial charge in [0.25, 0.3) is 0 Å². The average Bonchev–Trinajstić information content (AvgIpc) is 3.03. The Kier molecular flexibility index (Phi) is 5.14. The molecule has 0 amide bonds. The van der Waals surface area contributed by atoms with E-state index < -0.39 is 0 Å². The monoisotopic (exact) mass is 329 g/mol. The van der Waals surface area contributed by atoms with E-state index in [-0.39, 0.29) is 0 Å². The van der Waals surface area contributed by atoms with Crippen LogP contribution in [0.1, 0.15) is 49.8 Å². The largest absolute Gasteiger partial charge is 0.448 e. The summed E-state index contributed by atoms with van der Waals surface area (Å²) in [4.78, 5) is 17.8. The van der Waals surface area contributed by atoms with E-state index in [0.29, 0.717) is 12.0 Å². The molecule has 0 saturated carbocycles. The van der Waals surface area contributed by atoms with Gasteiger partial charge in [-0.1, -0.05) is 13.8 Å². The molecule has 2 aromatic rings. The van der Waals surface area contributed by atoms with E-state index in [1.54, 1.807) is 12.7 Å². The van der Waals surface area contributed by atoms with Gasteiger partial charge >= 0.3 is 0 Å². The van der Waals surface area contributed by atoms with Crippen LogP contribution in [0.5, 0.6) is 0 Å². The van der Waals surface area contributed by atoms with Crippen LogP contribution in [0.25, 0.3) is 0 Å². The molecule has 1 saturated heterocycles. The quantitative estimate of drug-likeness (QED) is 0.840. The van der Waals surface area contributed by atoms with E-state index in [1.165, 1.54) is 0 Å². The Morgan fingerprint density at radius 1 is 1.25 bits per heavy atom. The first kappa shape index (κ1) is 16.9. The van der Waals surface area contributed by atoms with Crippen LogP contribution in [0, 0.1) is 6.92 Å². The number of nitrogens with zero attached hydrogens (tertiary/aromatic N) is 5. The van der Waals surface area contributed by atoms with E-state index >= 15 is 0 Å². The Bertz CT molecular complexity index is 661. The number of hydrogen-bond donors (Lipinski definition) is 0. The van der Waals surface area contributed by atoms with Crippen molar-refractivity contribution < 1.29 is 4.42 Å². The standard InChI is InChI=1S/C18H27N5O/c1-13(2)18-16(21-12-24-18)10-23-7-5-15(6-8-23)22(4)17-9-14(3)19-11-20-17/h9,11-13,15H,5-8,10H2,1-4H3. The number of piperidine rings is 1. The van der Waals surface area contributed by atoms with Crippen LogP contribution in [0.2, 0.25) is 0 Å². The third-order valence-corrected chi connectivity index (χ3v) is 4.83. The van der Waals surface area contributed by atoms with Crippen molar-refractivity contribution in [3.63, 3.8) is 0 Å². The summed E-state index contributed by atoms with van der Waals surface area (Å²) in [5.74, 6) is 2.41. The number of aromatic nitrogens is 3. The van der Waals surface area contributed by atoms with Gasteiger partial charge in [-0.25, -0.2) is 15.0 Å². The number of likely N-dealkylation sites (tertiary alicyclic amines) is 1. The Hall–Kier alpha value is -1.95. The molecule has 2 aromatic heterocycles. The maximum Gasteiger partial charge on any atom is 0.181 e. The van der Waals surface area contributed by atoms with Crippen molar-refractivity contribution in [2.45, 2.75) is 52.1 Å². The van der Waals surface area contributed by atoms with Crippen LogP contribution in [0.3, 0.4) is 0 Å². The van der Waals surface area contributed by atoms with Crippen LogP contribution in [0.15, 0.2) is 23.2 Å². The van der Waals surface area contributed by atoms with Crippen molar-refractivity contribution in [3.05, 3.63) is 35.9 Å². The second-order valence-electron chi connectivity index (χ2n) is 6.95. The van der Waals surface area contributed by atoms with Gasteiger partial charge < -0.3 is 9.32 Å². The third kappa shape index (κ3) is 3.75. The highest BCUT2D eigenvalue weighted by atomic mass is 16.3. The fraction of sp³-hybridized carbons (Fsp3) is 0.611. The van der Waals surface area contributed by atoms with Crippen molar-refractivity contribution >= 4 is 5.82 Å². The minimum Gasteiger partial charge on any atom is -0.448 e. The minimum atomic E-state index is 0.382. The Morgan fingerprint density at radius 2 is 2.00 bits per heavy atom. The SMILES string of the molecule is Cc1cc(N(C)C2CCN(Cc3ncoc3C(C)C)CC2)ncn1. The molecule has 0 N–H and O–H groups in total. The summed E-state index contributed by atoms with van der Waals surface area (Å²) in [5, 5.41) is 0. The van der Waals surface area contributed by atoms with Gasteiger partial charge in [-0.05, 0) is 19.8 Å². The number of rotatable bonds is 5. The van der Waals surface area contributed by atoms with E-state index in [9.17, 15) is 0 Å². The second kappa shape index (κ2) is 7.30. The van der Waals surface area contributed by atoms with Gasteiger partial charge in [0.1, 0.15) is 17.9 Å². The van der Waals surface area contributed by atoms with Crippen molar-refractivity contribution in [2.75, 3.05) is 25.0 Å². The molecular weight excluding hydrogens is 302 g/mol. The van der Waals surface area contributed by atoms with Crippen LogP contribution >= 0.6 is 0 Å². The van der Waals surface area contributed by atoms with Gasteiger partial charge in [-0.3, -0.25) is 4.90 Å². The molecule has 0 atom stereocenters. The van der Waals surface area contributed by atoms with E-state index in [1.807, 2.05) is 6.92 Å². The van der Waals surface area contributed by atoms with Crippen molar-refractivity contribution in [1.29, 1.82) is 0 Å². The molecule has 6 heteroatoms. The summed E-state index contributed by atoms with van der Waals surface area (Å²) >= 11 is 0. The van der Waals surface area contributed by atoms with Gasteiger partial charge in [-0.2, -0.15) is 0 Å². The van der Waals surface area contributed by atoms with Gasteiger partial charge in [0.2, 0.25) is 0 Å². The van der Waals surface area contributed by atoms with Gasteiger partial charge in [-0.15, -0.1) is 0 Å². The van der Waals surface area contributed by atoms with Gasteiger partial charge in [0.05, 0.1) is 5.69 Å². The highest BCUT2D eigenvalue weighted by Gasteiger charge is 2.25. The first-order valence-electron chi connectivity index (χ1n) is 8.70. The fourth-order valence-electron chi connectivity index (χ4n) is 3.36. The third-order valence-electron chi connectivity index (χ3n) is 4.83. The van der Waals surface area contributed by atoms with Crippen LogP contribution < -0.4 is 4.90 Å². The molecule has 0 spiro atoms. The topological polar surface area (TPSA) is 58.3 Å². The number of hydrogen-bond acceptors (Lipinski definition) is 6. The van der Waals surface area contributed by atoms with E-state index in [0.717, 1.165) is 55.4 Å². The molecule has 0 aliphatic carbocycles. The number of aryl methyl sites for hydroxylation is 1. The Labute approximate surface area is 143 Å². The maximum atomic E-state index is 5.54. The lowest BCUT2D eigenvalue weighted by Crippen LogP contribution is -2.43. The Morgan fingerprint density at radius 3 is 2.67 bits per heavy atom. The van der Waals surface area contributed by atoms with Crippen LogP contribution in [-0.4, -0.2) is 46.0 Å². The predicted molar refractivity (Wildman–Crippen MR) is 94.1 cm³/mol. The molecule has 0 bridgehead atoms. The lowest BCUT2D eigenvalue weighted by molar-refractivity contribution is 0.200. The zero-order valence-corrected chi connectivity index (χ0v) is 15.1. The highest BCUT2D eigenvalue weighted by molar-refractivity contribution is 5.39. The molecule has 0 aromatic carbocycles. The maximum absolute atomic E-state index is 5.54. The fourth-order valence-corrected chi connectivity index (χ4v) is 3.36. The molecule has 1 aliphatic heterocycles. The van der Waals surface area contributed by atoms with E-state index in [4.69, 9.17) is 4.42 Å². The predicted octanol–water partition coefficient (Wildman–Crippen LogP) is 3.00. The molecule has 6 nitrogen and oxygen atoms in total. The molecule has 24 heavy (non-hydrogen) atoms. The van der Waals surface area contributed by atoms with Gasteiger partial charge in [0, 0.05) is 50.4 Å². The second-order valence-corrected chi connectivity index (χ2v) is 6.95. The summed E-state index contributed by atoms with van der Waals surface area (Å²) in [7, 11) is 2.14. The zero-order chi connectivity index (χ0) is 17.1. The molecule has 1 aliphatic rings. The molecule has 0 radical (unpaired) electrons. The minimum absolute atomic E-state index is 0.382. The van der Waals surface area contributed by atoms with Crippen molar-refractivity contribution in [1.82, 2.24) is 19.9 Å². The molecule has 130 valence electrons. The van der Waals surface area contributed by atoms with E-state index in [2.05, 4.69) is 51.7 Å². The normalized spacial score (nSPS) is 16.7. The number of anilines is 1. The molecule has 1 fully saturated rings. The first-order chi connectivity index (χ1) is 11.5. The zero-order valence-electron chi connectivity index (χ0n) is 15.1. The van der Waals surface area contributed by atoms with Crippen LogP contribution in [-0.2, 0) is 6.54 Å². The summed E-state index contributed by atoms with van der Waals surface area (Å²) in [6.45, 7) is 9.33. The lowest BCUT2D eigenvalue weighted by atomic mass is 10.0. The highest BCUT2D eigenvalue weighted by Crippen LogP contribution is 2.24. The average molecular weight is 329 g/mol. The summed E-state index contributed by atoms with van der Waals surface area (Å²) in [6, 6.07) is 2.58. The summed E-state index contributed by atoms with van der Waals surface area (Å²) in [5.41, 5.74) is 2.10. The van der Waals surface area contributed by atoms with Crippen molar-refractivity contribution in [2.24, 2.45) is 0 Å². The molecular formula is C18H27N5O. The van der Waals surface area contributed by atoms with Gasteiger partial charge in [0.15, 0.2) is 6.39 Å². The first-order valence-corrected chi connectivity index (χ1v) is 8.70. The molecule has 3 heterocycles. The summed E-state index contributed by atoms with van der Waals surface area (Å²) < 4.78 is 5.54. The Balaban J connectivity index is 1.56. The molecule has 0 unspecified atom stereocenters. The van der Waals surface area contributed by atoms with Crippen LogP contribution in [0.4, 0.5) is 5.82 Å². The smallest absolute Gasteiger partial charge is 0.181 e. The summed E-state index contributed by atoms with van der Waals surface area (Å²) in [6.07, 6.45) is 5.49. The molecule has 3 rings (SSSR count). The number of oxazole rings is 1. The lowest BCUT2D eigenvalue weighted by Gasteiger charge is -2.37.